The Morgan fingerprint density at radius 3 is 2.88 bits per heavy atom. The Bertz CT molecular complexity index is 434. The van der Waals surface area contributed by atoms with Crippen LogP contribution < -0.4 is 15.8 Å². The van der Waals surface area contributed by atoms with Crippen LogP contribution in [0.5, 0.6) is 0 Å². The lowest BCUT2D eigenvalue weighted by Gasteiger charge is -2.05. The van der Waals surface area contributed by atoms with Gasteiger partial charge in [-0.25, -0.2) is 18.5 Å². The summed E-state index contributed by atoms with van der Waals surface area (Å²) in [5.41, 5.74) is 0. The number of nitrogens with one attached hydrogen (secondary N) is 2. The van der Waals surface area contributed by atoms with Gasteiger partial charge in [-0.05, 0) is 12.5 Å². The fraction of sp³-hybridized carbons (Fsp3) is 0.500. The van der Waals surface area contributed by atoms with Crippen LogP contribution in [0.3, 0.4) is 0 Å². The van der Waals surface area contributed by atoms with Crippen molar-refractivity contribution in [3.05, 3.63) is 12.3 Å². The van der Waals surface area contributed by atoms with E-state index in [1.807, 2.05) is 0 Å². The SMILES string of the molecule is CNc1nccc(NCCCS(N)(=O)=O)n1. The van der Waals surface area contributed by atoms with Gasteiger partial charge in [-0.2, -0.15) is 4.98 Å². The van der Waals surface area contributed by atoms with E-state index >= 15 is 0 Å². The molecule has 0 aliphatic carbocycles. The van der Waals surface area contributed by atoms with Gasteiger partial charge >= 0.3 is 0 Å². The van der Waals surface area contributed by atoms with E-state index in [0.717, 1.165) is 0 Å². The number of hydrogen-bond donors (Lipinski definition) is 3. The van der Waals surface area contributed by atoms with Gasteiger partial charge in [-0.1, -0.05) is 0 Å². The molecule has 0 aliphatic rings. The van der Waals surface area contributed by atoms with Crippen LogP contribution in [0, 0.1) is 0 Å². The Balaban J connectivity index is 2.37. The van der Waals surface area contributed by atoms with Crippen molar-refractivity contribution < 1.29 is 8.42 Å². The van der Waals surface area contributed by atoms with Crippen molar-refractivity contribution in [1.29, 1.82) is 0 Å². The van der Waals surface area contributed by atoms with Crippen LogP contribution in [0.1, 0.15) is 6.42 Å². The summed E-state index contributed by atoms with van der Waals surface area (Å²) in [5.74, 6) is 1.12. The van der Waals surface area contributed by atoms with Gasteiger partial charge in [0, 0.05) is 19.8 Å². The molecule has 0 atom stereocenters. The zero-order valence-electron chi connectivity index (χ0n) is 8.97. The third-order valence-corrected chi connectivity index (χ3v) is 2.65. The molecule has 1 aromatic heterocycles. The first-order chi connectivity index (χ1) is 7.51. The minimum Gasteiger partial charge on any atom is -0.370 e. The van der Waals surface area contributed by atoms with Gasteiger partial charge in [0.25, 0.3) is 0 Å². The molecular weight excluding hydrogens is 230 g/mol. The van der Waals surface area contributed by atoms with Crippen LogP contribution in [-0.2, 0) is 10.0 Å². The molecule has 0 spiro atoms. The first kappa shape index (κ1) is 12.7. The molecule has 0 radical (unpaired) electrons. The lowest BCUT2D eigenvalue weighted by Crippen LogP contribution is -2.18. The van der Waals surface area contributed by atoms with Crippen molar-refractivity contribution in [3.63, 3.8) is 0 Å². The summed E-state index contributed by atoms with van der Waals surface area (Å²) < 4.78 is 21.3. The number of primary sulfonamides is 1. The topological polar surface area (TPSA) is 110 Å². The van der Waals surface area contributed by atoms with Crippen molar-refractivity contribution in [2.75, 3.05) is 30.0 Å². The summed E-state index contributed by atoms with van der Waals surface area (Å²) >= 11 is 0. The van der Waals surface area contributed by atoms with Crippen molar-refractivity contribution in [3.8, 4) is 0 Å². The maximum absolute atomic E-state index is 10.7. The molecule has 0 unspecified atom stereocenters. The number of rotatable bonds is 6. The molecule has 16 heavy (non-hydrogen) atoms. The summed E-state index contributed by atoms with van der Waals surface area (Å²) in [7, 11) is -1.65. The zero-order valence-corrected chi connectivity index (χ0v) is 9.79. The van der Waals surface area contributed by atoms with E-state index < -0.39 is 10.0 Å². The Hall–Kier alpha value is -1.41. The minimum atomic E-state index is -3.38. The van der Waals surface area contributed by atoms with Crippen LogP contribution >= 0.6 is 0 Å². The van der Waals surface area contributed by atoms with Crippen molar-refractivity contribution >= 4 is 21.8 Å². The molecule has 7 nitrogen and oxygen atoms in total. The van der Waals surface area contributed by atoms with Gasteiger partial charge in [0.15, 0.2) is 0 Å². The van der Waals surface area contributed by atoms with Crippen molar-refractivity contribution in [2.45, 2.75) is 6.42 Å². The van der Waals surface area contributed by atoms with Crippen LogP contribution in [0.15, 0.2) is 12.3 Å². The predicted molar refractivity (Wildman–Crippen MR) is 62.7 cm³/mol. The first-order valence-electron chi connectivity index (χ1n) is 4.76. The van der Waals surface area contributed by atoms with E-state index in [4.69, 9.17) is 5.14 Å². The summed E-state index contributed by atoms with van der Waals surface area (Å²) in [6.07, 6.45) is 2.05. The standard InChI is InChI=1S/C8H15N5O2S/c1-10-8-12-5-3-7(13-8)11-4-2-6-16(9,14)15/h3,5H,2,4,6H2,1H3,(H2,9,14,15)(H2,10,11,12,13). The molecule has 0 bridgehead atoms. The highest BCUT2D eigenvalue weighted by Crippen LogP contribution is 2.04. The first-order valence-corrected chi connectivity index (χ1v) is 6.48. The maximum Gasteiger partial charge on any atom is 0.224 e. The van der Waals surface area contributed by atoms with Gasteiger partial charge in [0.05, 0.1) is 5.75 Å². The van der Waals surface area contributed by atoms with Gasteiger partial charge in [0.1, 0.15) is 5.82 Å². The van der Waals surface area contributed by atoms with Crippen molar-refractivity contribution in [1.82, 2.24) is 9.97 Å². The van der Waals surface area contributed by atoms with E-state index in [2.05, 4.69) is 20.6 Å². The fourth-order valence-corrected chi connectivity index (χ4v) is 1.61. The highest BCUT2D eigenvalue weighted by Gasteiger charge is 2.02. The zero-order chi connectivity index (χ0) is 12.0. The third kappa shape index (κ3) is 4.89. The maximum atomic E-state index is 10.7. The van der Waals surface area contributed by atoms with Gasteiger partial charge in [0.2, 0.25) is 16.0 Å². The lowest BCUT2D eigenvalue weighted by atomic mass is 10.4. The molecule has 4 N–H and O–H groups in total. The second-order valence-corrected chi connectivity index (χ2v) is 4.90. The Labute approximate surface area is 94.5 Å². The smallest absolute Gasteiger partial charge is 0.224 e. The van der Waals surface area contributed by atoms with Crippen LogP contribution in [-0.4, -0.2) is 37.7 Å². The molecule has 8 heteroatoms. The van der Waals surface area contributed by atoms with Gasteiger partial charge in [-0.15, -0.1) is 0 Å². The molecule has 1 heterocycles. The normalized spacial score (nSPS) is 11.1. The number of sulfonamides is 1. The lowest BCUT2D eigenvalue weighted by molar-refractivity contribution is 0.595. The van der Waals surface area contributed by atoms with Gasteiger partial charge < -0.3 is 10.6 Å². The van der Waals surface area contributed by atoms with E-state index in [0.29, 0.717) is 24.7 Å². The predicted octanol–water partition coefficient (Wildman–Crippen LogP) is -0.391. The number of anilines is 2. The molecule has 1 rings (SSSR count). The van der Waals surface area contributed by atoms with E-state index in [-0.39, 0.29) is 5.75 Å². The second-order valence-electron chi connectivity index (χ2n) is 3.16. The van der Waals surface area contributed by atoms with Crippen molar-refractivity contribution in [2.24, 2.45) is 5.14 Å². The Kier molecular flexibility index (Phi) is 4.44. The fourth-order valence-electron chi connectivity index (χ4n) is 1.07. The monoisotopic (exact) mass is 245 g/mol. The van der Waals surface area contributed by atoms with E-state index in [9.17, 15) is 8.42 Å². The molecule has 0 aliphatic heterocycles. The van der Waals surface area contributed by atoms with E-state index in [1.165, 1.54) is 0 Å². The molecule has 0 fully saturated rings. The highest BCUT2D eigenvalue weighted by atomic mass is 32.2. The summed E-state index contributed by atoms with van der Waals surface area (Å²) in [5, 5.41) is 10.7. The van der Waals surface area contributed by atoms with Crippen LogP contribution in [0.2, 0.25) is 0 Å². The molecule has 0 aromatic carbocycles. The second kappa shape index (κ2) is 5.61. The average Bonchev–Trinajstić information content (AvgIpc) is 2.23. The number of aromatic nitrogens is 2. The third-order valence-electron chi connectivity index (χ3n) is 1.79. The average molecular weight is 245 g/mol. The summed E-state index contributed by atoms with van der Waals surface area (Å²) in [6.45, 7) is 0.497. The highest BCUT2D eigenvalue weighted by molar-refractivity contribution is 7.89. The Morgan fingerprint density at radius 1 is 1.50 bits per heavy atom. The van der Waals surface area contributed by atoms with E-state index in [1.54, 1.807) is 19.3 Å². The molecule has 1 aromatic rings. The minimum absolute atomic E-state index is 0.0377. The molecule has 0 amide bonds. The number of nitrogens with two attached hydrogens (primary N) is 1. The van der Waals surface area contributed by atoms with Gasteiger partial charge in [-0.3, -0.25) is 0 Å². The molecular formula is C8H15N5O2S. The quantitative estimate of drug-likeness (QED) is 0.589. The van der Waals surface area contributed by atoms with Crippen LogP contribution in [0.25, 0.3) is 0 Å². The number of nitrogens with zero attached hydrogens (tertiary/aromatic N) is 2. The molecule has 0 saturated heterocycles. The number of hydrogen-bond acceptors (Lipinski definition) is 6. The largest absolute Gasteiger partial charge is 0.370 e. The summed E-state index contributed by atoms with van der Waals surface area (Å²) in [4.78, 5) is 8.06. The molecule has 0 saturated carbocycles. The molecule has 90 valence electrons. The Morgan fingerprint density at radius 2 is 2.25 bits per heavy atom. The van der Waals surface area contributed by atoms with Crippen LogP contribution in [0.4, 0.5) is 11.8 Å². The summed E-state index contributed by atoms with van der Waals surface area (Å²) in [6, 6.07) is 1.71.